The van der Waals surface area contributed by atoms with E-state index in [4.69, 9.17) is 24.5 Å². The van der Waals surface area contributed by atoms with Gasteiger partial charge in [0.05, 0.1) is 13.7 Å². The number of methoxy groups -OCH3 is 1. The molecule has 0 amide bonds. The zero-order chi connectivity index (χ0) is 20.1. The third-order valence-electron chi connectivity index (χ3n) is 4.61. The van der Waals surface area contributed by atoms with Gasteiger partial charge >= 0.3 is 0 Å². The van der Waals surface area contributed by atoms with Gasteiger partial charge in [-0.15, -0.1) is 0 Å². The predicted octanol–water partition coefficient (Wildman–Crippen LogP) is 5.48. The first-order valence-corrected chi connectivity index (χ1v) is 9.07. The van der Waals surface area contributed by atoms with Crippen LogP contribution in [0.2, 0.25) is 0 Å². The minimum Gasteiger partial charge on any atom is -0.493 e. The largest absolute Gasteiger partial charge is 0.493 e. The summed E-state index contributed by atoms with van der Waals surface area (Å²) in [5, 5.41) is 3.71. The van der Waals surface area contributed by atoms with Gasteiger partial charge in [0.1, 0.15) is 6.61 Å². The van der Waals surface area contributed by atoms with Crippen LogP contribution in [0.25, 0.3) is 21.6 Å². The molecule has 0 saturated carbocycles. The Bertz CT molecular complexity index is 1060. The maximum atomic E-state index is 8.72. The summed E-state index contributed by atoms with van der Waals surface area (Å²) in [6.45, 7) is 0.828. The molecule has 7 nitrogen and oxygen atoms in total. The monoisotopic (exact) mass is 389 g/mol. The van der Waals surface area contributed by atoms with Crippen molar-refractivity contribution in [2.75, 3.05) is 13.9 Å². The molecule has 1 aliphatic heterocycles. The van der Waals surface area contributed by atoms with Crippen molar-refractivity contribution in [3.63, 3.8) is 0 Å². The van der Waals surface area contributed by atoms with Gasteiger partial charge in [0, 0.05) is 4.91 Å². The van der Waals surface area contributed by atoms with E-state index in [0.717, 1.165) is 22.3 Å². The summed E-state index contributed by atoms with van der Waals surface area (Å²) < 4.78 is 22.4. The van der Waals surface area contributed by atoms with Crippen LogP contribution in [0.5, 0.6) is 23.0 Å². The van der Waals surface area contributed by atoms with Gasteiger partial charge in [-0.05, 0) is 52.1 Å². The fraction of sp³-hybridized carbons (Fsp3) is 0.182. The van der Waals surface area contributed by atoms with Crippen molar-refractivity contribution in [3.05, 3.63) is 82.2 Å². The third-order valence-corrected chi connectivity index (χ3v) is 4.61. The first-order chi connectivity index (χ1) is 14.3. The van der Waals surface area contributed by atoms with Gasteiger partial charge in [0.15, 0.2) is 23.0 Å². The molecule has 0 spiro atoms. The summed E-state index contributed by atoms with van der Waals surface area (Å²) in [6, 6.07) is 19.4. The summed E-state index contributed by atoms with van der Waals surface area (Å²) in [5.74, 6) is 2.57. The smallest absolute Gasteiger partial charge is 0.231 e. The lowest BCUT2D eigenvalue weighted by molar-refractivity contribution is 0.174. The molecule has 1 heterocycles. The second kappa shape index (κ2) is 8.46. The summed E-state index contributed by atoms with van der Waals surface area (Å²) in [5.41, 5.74) is 12.4. The van der Waals surface area contributed by atoms with Crippen LogP contribution in [-0.4, -0.2) is 13.9 Å². The number of nitrogens with zero attached hydrogens (tertiary/aromatic N) is 3. The highest BCUT2D eigenvalue weighted by atomic mass is 16.7. The highest BCUT2D eigenvalue weighted by Gasteiger charge is 2.19. The van der Waals surface area contributed by atoms with Crippen LogP contribution < -0.4 is 18.9 Å². The molecule has 0 N–H and O–H groups in total. The Hall–Kier alpha value is -3.83. The van der Waals surface area contributed by atoms with Crippen molar-refractivity contribution in [3.8, 4) is 34.1 Å². The second-order valence-electron chi connectivity index (χ2n) is 6.39. The fourth-order valence-corrected chi connectivity index (χ4v) is 3.18. The van der Waals surface area contributed by atoms with E-state index in [2.05, 4.69) is 10.0 Å². The Morgan fingerprint density at radius 3 is 2.55 bits per heavy atom. The first-order valence-electron chi connectivity index (χ1n) is 9.07. The van der Waals surface area contributed by atoms with Crippen molar-refractivity contribution >= 4 is 0 Å². The molecule has 0 aliphatic carbocycles. The SMILES string of the molecule is COc1cc(-c2cc3c(cc2CN=[N+]=[N-])OCO3)ccc1OCc1ccccc1. The van der Waals surface area contributed by atoms with Crippen molar-refractivity contribution in [2.24, 2.45) is 5.11 Å². The van der Waals surface area contributed by atoms with E-state index < -0.39 is 0 Å². The van der Waals surface area contributed by atoms with Gasteiger partial charge in [-0.1, -0.05) is 41.5 Å². The van der Waals surface area contributed by atoms with E-state index >= 15 is 0 Å². The molecule has 3 aromatic carbocycles. The summed E-state index contributed by atoms with van der Waals surface area (Å²) in [7, 11) is 1.61. The maximum absolute atomic E-state index is 8.72. The van der Waals surface area contributed by atoms with Crippen molar-refractivity contribution in [1.29, 1.82) is 0 Å². The lowest BCUT2D eigenvalue weighted by Crippen LogP contribution is -1.98. The van der Waals surface area contributed by atoms with E-state index in [1.807, 2.05) is 60.7 Å². The highest BCUT2D eigenvalue weighted by Crippen LogP contribution is 2.41. The molecule has 0 bridgehead atoms. The average molecular weight is 389 g/mol. The van der Waals surface area contributed by atoms with Crippen LogP contribution in [0, 0.1) is 0 Å². The highest BCUT2D eigenvalue weighted by molar-refractivity contribution is 5.73. The van der Waals surface area contributed by atoms with Gasteiger partial charge < -0.3 is 18.9 Å². The molecule has 3 aromatic rings. The molecule has 29 heavy (non-hydrogen) atoms. The second-order valence-corrected chi connectivity index (χ2v) is 6.39. The molecule has 146 valence electrons. The Labute approximate surface area is 168 Å². The summed E-state index contributed by atoms with van der Waals surface area (Å²) in [4.78, 5) is 2.87. The lowest BCUT2D eigenvalue weighted by Gasteiger charge is -2.14. The normalized spacial score (nSPS) is 11.6. The Morgan fingerprint density at radius 1 is 1.00 bits per heavy atom. The fourth-order valence-electron chi connectivity index (χ4n) is 3.18. The number of hydrogen-bond donors (Lipinski definition) is 0. The molecule has 0 atom stereocenters. The molecule has 1 aliphatic rings. The molecule has 0 aromatic heterocycles. The van der Waals surface area contributed by atoms with Crippen LogP contribution in [0.4, 0.5) is 0 Å². The van der Waals surface area contributed by atoms with Crippen molar-refractivity contribution in [1.82, 2.24) is 0 Å². The van der Waals surface area contributed by atoms with Gasteiger partial charge in [0.2, 0.25) is 6.79 Å². The van der Waals surface area contributed by atoms with Gasteiger partial charge in [-0.2, -0.15) is 0 Å². The van der Waals surface area contributed by atoms with E-state index in [1.165, 1.54) is 0 Å². The lowest BCUT2D eigenvalue weighted by atomic mass is 9.98. The number of azide groups is 1. The number of benzene rings is 3. The zero-order valence-electron chi connectivity index (χ0n) is 15.9. The number of ether oxygens (including phenoxy) is 4. The number of hydrogen-bond acceptors (Lipinski definition) is 5. The topological polar surface area (TPSA) is 85.7 Å². The maximum Gasteiger partial charge on any atom is 0.231 e. The Balaban J connectivity index is 1.66. The van der Waals surface area contributed by atoms with Gasteiger partial charge in [-0.3, -0.25) is 0 Å². The molecule has 4 rings (SSSR count). The van der Waals surface area contributed by atoms with E-state index in [1.54, 1.807) is 7.11 Å². The van der Waals surface area contributed by atoms with Gasteiger partial charge in [-0.25, -0.2) is 0 Å². The van der Waals surface area contributed by atoms with E-state index in [0.29, 0.717) is 29.6 Å². The van der Waals surface area contributed by atoms with Gasteiger partial charge in [0.25, 0.3) is 0 Å². The van der Waals surface area contributed by atoms with Crippen LogP contribution in [0.15, 0.2) is 65.8 Å². The third kappa shape index (κ3) is 4.05. The summed E-state index contributed by atoms with van der Waals surface area (Å²) >= 11 is 0. The minimum absolute atomic E-state index is 0.176. The van der Waals surface area contributed by atoms with Crippen LogP contribution in [0.1, 0.15) is 11.1 Å². The standard InChI is InChI=1S/C22H19N3O4/c1-26-20-9-16(7-8-19(20)27-13-15-5-3-2-4-6-15)18-11-22-21(28-14-29-22)10-17(18)12-24-25-23/h2-11H,12-14H2,1H3. The predicted molar refractivity (Wildman–Crippen MR) is 108 cm³/mol. The molecule has 0 fully saturated rings. The van der Waals surface area contributed by atoms with Crippen LogP contribution in [-0.2, 0) is 13.2 Å². The Morgan fingerprint density at radius 2 is 1.79 bits per heavy atom. The zero-order valence-corrected chi connectivity index (χ0v) is 15.9. The van der Waals surface area contributed by atoms with Crippen LogP contribution >= 0.6 is 0 Å². The average Bonchev–Trinajstić information content (AvgIpc) is 3.23. The van der Waals surface area contributed by atoms with E-state index in [-0.39, 0.29) is 13.3 Å². The molecular weight excluding hydrogens is 370 g/mol. The minimum atomic E-state index is 0.176. The molecule has 7 heteroatoms. The van der Waals surface area contributed by atoms with Crippen molar-refractivity contribution < 1.29 is 18.9 Å². The van der Waals surface area contributed by atoms with Crippen molar-refractivity contribution in [2.45, 2.75) is 13.2 Å². The number of rotatable bonds is 7. The van der Waals surface area contributed by atoms with E-state index in [9.17, 15) is 0 Å². The van der Waals surface area contributed by atoms with Crippen LogP contribution in [0.3, 0.4) is 0 Å². The molecule has 0 saturated heterocycles. The first kappa shape index (κ1) is 18.5. The molecule has 0 unspecified atom stereocenters. The Kier molecular flexibility index (Phi) is 5.40. The number of fused-ring (bicyclic) bond motifs is 1. The molecular formula is C22H19N3O4. The summed E-state index contributed by atoms with van der Waals surface area (Å²) in [6.07, 6.45) is 0. The quantitative estimate of drug-likeness (QED) is 0.304. The molecule has 0 radical (unpaired) electrons.